The second-order valence-electron chi connectivity index (χ2n) is 5.33. The third-order valence-electron chi connectivity index (χ3n) is 3.61. The number of amides is 1. The van der Waals surface area contributed by atoms with E-state index in [9.17, 15) is 4.79 Å². The number of carbonyl (C=O) groups excluding carboxylic acids is 1. The Balaban J connectivity index is 1.80. The smallest absolute Gasteiger partial charge is 0.266 e. The Labute approximate surface area is 139 Å². The first-order valence-corrected chi connectivity index (χ1v) is 8.35. The largest absolute Gasteiger partial charge is 0.490 e. The average molecular weight is 335 g/mol. The molecule has 4 nitrogen and oxygen atoms in total. The minimum atomic E-state index is -0.0443. The van der Waals surface area contributed by atoms with Crippen LogP contribution in [0.2, 0.25) is 0 Å². The number of ether oxygens (including phenoxy) is 2. The van der Waals surface area contributed by atoms with Gasteiger partial charge < -0.3 is 9.47 Å². The number of thioether (sulfide) groups is 1. The van der Waals surface area contributed by atoms with Crippen LogP contribution < -0.4 is 4.74 Å². The SMILES string of the molecule is COCCN1C(=O)/C(=C/c2ccc3c(c2)CC(C)O3)SC1=S. The van der Waals surface area contributed by atoms with Crippen molar-refractivity contribution in [1.82, 2.24) is 4.90 Å². The molecule has 0 saturated carbocycles. The van der Waals surface area contributed by atoms with E-state index >= 15 is 0 Å². The molecule has 1 fully saturated rings. The van der Waals surface area contributed by atoms with Gasteiger partial charge in [-0.2, -0.15) is 0 Å². The maximum Gasteiger partial charge on any atom is 0.266 e. The van der Waals surface area contributed by atoms with Crippen molar-refractivity contribution in [2.45, 2.75) is 19.4 Å². The molecule has 1 unspecified atom stereocenters. The molecule has 1 amide bonds. The fourth-order valence-corrected chi connectivity index (χ4v) is 3.87. The molecule has 0 aliphatic carbocycles. The number of benzene rings is 1. The maximum atomic E-state index is 12.4. The van der Waals surface area contributed by atoms with Crippen LogP contribution >= 0.6 is 24.0 Å². The van der Waals surface area contributed by atoms with E-state index in [1.165, 1.54) is 17.3 Å². The molecule has 1 aromatic carbocycles. The number of rotatable bonds is 4. The Bertz CT molecular complexity index is 657. The molecule has 0 bridgehead atoms. The van der Waals surface area contributed by atoms with Crippen LogP contribution in [0, 0.1) is 0 Å². The van der Waals surface area contributed by atoms with Crippen molar-refractivity contribution in [2.75, 3.05) is 20.3 Å². The van der Waals surface area contributed by atoms with Crippen molar-refractivity contribution >= 4 is 40.3 Å². The molecular formula is C16H17NO3S2. The molecule has 1 saturated heterocycles. The lowest BCUT2D eigenvalue weighted by Gasteiger charge is -2.12. The van der Waals surface area contributed by atoms with Crippen molar-refractivity contribution in [3.63, 3.8) is 0 Å². The van der Waals surface area contributed by atoms with E-state index in [4.69, 9.17) is 21.7 Å². The van der Waals surface area contributed by atoms with Gasteiger partial charge in [0.1, 0.15) is 16.2 Å². The van der Waals surface area contributed by atoms with Crippen molar-refractivity contribution < 1.29 is 14.3 Å². The minimum Gasteiger partial charge on any atom is -0.490 e. The molecule has 2 heterocycles. The van der Waals surface area contributed by atoms with Gasteiger partial charge in [0.15, 0.2) is 0 Å². The van der Waals surface area contributed by atoms with Crippen LogP contribution in [-0.2, 0) is 16.0 Å². The Morgan fingerprint density at radius 3 is 3.14 bits per heavy atom. The summed E-state index contributed by atoms with van der Waals surface area (Å²) in [7, 11) is 1.61. The van der Waals surface area contributed by atoms with E-state index in [1.54, 1.807) is 12.0 Å². The zero-order chi connectivity index (χ0) is 15.7. The van der Waals surface area contributed by atoms with Gasteiger partial charge in [-0.1, -0.05) is 30.0 Å². The van der Waals surface area contributed by atoms with Crippen molar-refractivity contribution in [3.05, 3.63) is 34.2 Å². The second-order valence-corrected chi connectivity index (χ2v) is 7.00. The van der Waals surface area contributed by atoms with Crippen molar-refractivity contribution in [1.29, 1.82) is 0 Å². The number of carbonyl (C=O) groups is 1. The van der Waals surface area contributed by atoms with Crippen LogP contribution in [0.25, 0.3) is 6.08 Å². The summed E-state index contributed by atoms with van der Waals surface area (Å²) in [6, 6.07) is 6.02. The third kappa shape index (κ3) is 3.04. The summed E-state index contributed by atoms with van der Waals surface area (Å²) in [4.78, 5) is 14.6. The summed E-state index contributed by atoms with van der Waals surface area (Å²) < 4.78 is 11.3. The summed E-state index contributed by atoms with van der Waals surface area (Å²) >= 11 is 6.61. The monoisotopic (exact) mass is 335 g/mol. The zero-order valence-electron chi connectivity index (χ0n) is 12.5. The number of thiocarbonyl (C=S) groups is 1. The van der Waals surface area contributed by atoms with Gasteiger partial charge in [-0.05, 0) is 36.3 Å². The van der Waals surface area contributed by atoms with Crippen LogP contribution in [0.4, 0.5) is 0 Å². The second kappa shape index (κ2) is 6.40. The predicted octanol–water partition coefficient (Wildman–Crippen LogP) is 2.86. The minimum absolute atomic E-state index is 0.0443. The topological polar surface area (TPSA) is 38.8 Å². The summed E-state index contributed by atoms with van der Waals surface area (Å²) in [5, 5.41) is 0. The molecule has 0 spiro atoms. The first-order chi connectivity index (χ1) is 10.6. The van der Waals surface area contributed by atoms with Gasteiger partial charge in [0.2, 0.25) is 0 Å². The van der Waals surface area contributed by atoms with Gasteiger partial charge in [0.05, 0.1) is 18.1 Å². The summed E-state index contributed by atoms with van der Waals surface area (Å²) in [6.45, 7) is 3.03. The molecular weight excluding hydrogens is 318 g/mol. The molecule has 3 rings (SSSR count). The Morgan fingerprint density at radius 2 is 2.36 bits per heavy atom. The van der Waals surface area contributed by atoms with Crippen LogP contribution in [0.5, 0.6) is 5.75 Å². The average Bonchev–Trinajstić information content (AvgIpc) is 2.97. The number of methoxy groups -OCH3 is 1. The van der Waals surface area contributed by atoms with Gasteiger partial charge in [0, 0.05) is 13.5 Å². The maximum absolute atomic E-state index is 12.4. The van der Waals surface area contributed by atoms with E-state index in [2.05, 4.69) is 13.0 Å². The summed E-state index contributed by atoms with van der Waals surface area (Å²) in [5.41, 5.74) is 2.19. The highest BCUT2D eigenvalue weighted by atomic mass is 32.2. The molecule has 116 valence electrons. The Morgan fingerprint density at radius 1 is 1.55 bits per heavy atom. The molecule has 0 N–H and O–H groups in total. The lowest BCUT2D eigenvalue weighted by atomic mass is 10.1. The molecule has 1 aromatic rings. The highest BCUT2D eigenvalue weighted by Crippen LogP contribution is 2.34. The quantitative estimate of drug-likeness (QED) is 0.625. The zero-order valence-corrected chi connectivity index (χ0v) is 14.1. The fraction of sp³-hybridized carbons (Fsp3) is 0.375. The molecule has 0 radical (unpaired) electrons. The van der Waals surface area contributed by atoms with Crippen LogP contribution in [0.3, 0.4) is 0 Å². The number of hydrogen-bond acceptors (Lipinski definition) is 5. The van der Waals surface area contributed by atoms with Crippen LogP contribution in [0.15, 0.2) is 23.1 Å². The molecule has 1 atom stereocenters. The van der Waals surface area contributed by atoms with E-state index in [0.717, 1.165) is 17.7 Å². The van der Waals surface area contributed by atoms with Crippen LogP contribution in [0.1, 0.15) is 18.1 Å². The van der Waals surface area contributed by atoms with Gasteiger partial charge >= 0.3 is 0 Å². The van der Waals surface area contributed by atoms with E-state index in [1.807, 2.05) is 18.2 Å². The first kappa shape index (κ1) is 15.5. The number of nitrogens with zero attached hydrogens (tertiary/aromatic N) is 1. The number of fused-ring (bicyclic) bond motifs is 1. The van der Waals surface area contributed by atoms with E-state index in [-0.39, 0.29) is 12.0 Å². The van der Waals surface area contributed by atoms with Gasteiger partial charge in [-0.3, -0.25) is 9.69 Å². The van der Waals surface area contributed by atoms with Gasteiger partial charge in [-0.15, -0.1) is 0 Å². The normalized spacial score (nSPS) is 22.4. The molecule has 2 aliphatic rings. The first-order valence-electron chi connectivity index (χ1n) is 7.12. The Hall–Kier alpha value is -1.37. The molecule has 0 aromatic heterocycles. The lowest BCUT2D eigenvalue weighted by Crippen LogP contribution is -2.31. The summed E-state index contributed by atoms with van der Waals surface area (Å²) in [6.07, 6.45) is 3.03. The van der Waals surface area contributed by atoms with E-state index in [0.29, 0.717) is 22.4 Å². The standard InChI is InChI=1S/C16H17NO3S2/c1-10-7-12-8-11(3-4-13(12)20-10)9-14-15(18)17(5-6-19-2)16(21)22-14/h3-4,8-10H,5-7H2,1-2H3/b14-9-. The highest BCUT2D eigenvalue weighted by Gasteiger charge is 2.31. The predicted molar refractivity (Wildman–Crippen MR) is 92.0 cm³/mol. The Kier molecular flexibility index (Phi) is 4.52. The third-order valence-corrected chi connectivity index (χ3v) is 4.99. The van der Waals surface area contributed by atoms with Gasteiger partial charge in [0.25, 0.3) is 5.91 Å². The van der Waals surface area contributed by atoms with Crippen molar-refractivity contribution in [2.24, 2.45) is 0 Å². The lowest BCUT2D eigenvalue weighted by molar-refractivity contribution is -0.122. The molecule has 2 aliphatic heterocycles. The summed E-state index contributed by atoms with van der Waals surface area (Å²) in [5.74, 6) is 0.898. The highest BCUT2D eigenvalue weighted by molar-refractivity contribution is 8.26. The van der Waals surface area contributed by atoms with E-state index < -0.39 is 0 Å². The number of hydrogen-bond donors (Lipinski definition) is 0. The molecule has 6 heteroatoms. The molecule has 22 heavy (non-hydrogen) atoms. The van der Waals surface area contributed by atoms with Crippen molar-refractivity contribution in [3.8, 4) is 5.75 Å². The van der Waals surface area contributed by atoms with Gasteiger partial charge in [-0.25, -0.2) is 0 Å². The van der Waals surface area contributed by atoms with Crippen LogP contribution in [-0.4, -0.2) is 41.5 Å². The fourth-order valence-electron chi connectivity index (χ4n) is 2.56.